The van der Waals surface area contributed by atoms with Crippen molar-refractivity contribution in [3.05, 3.63) is 76.7 Å². The molecule has 9 heteroatoms. The number of nitrogens with one attached hydrogen (secondary N) is 1. The highest BCUT2D eigenvalue weighted by molar-refractivity contribution is 7.99. The van der Waals surface area contributed by atoms with Crippen LogP contribution in [0.2, 0.25) is 5.02 Å². The van der Waals surface area contributed by atoms with E-state index in [4.69, 9.17) is 20.8 Å². The summed E-state index contributed by atoms with van der Waals surface area (Å²) >= 11 is 7.63. The van der Waals surface area contributed by atoms with E-state index in [0.29, 0.717) is 28.2 Å². The first-order valence-corrected chi connectivity index (χ1v) is 11.6. The van der Waals surface area contributed by atoms with Gasteiger partial charge in [0.2, 0.25) is 5.91 Å². The predicted octanol–water partition coefficient (Wildman–Crippen LogP) is 5.60. The maximum absolute atomic E-state index is 12.7. The molecule has 0 bridgehead atoms. The van der Waals surface area contributed by atoms with Gasteiger partial charge < -0.3 is 14.5 Å². The molecular weight excluding hydrogens is 460 g/mol. The van der Waals surface area contributed by atoms with Crippen molar-refractivity contribution in [1.82, 2.24) is 14.8 Å². The summed E-state index contributed by atoms with van der Waals surface area (Å²) in [7, 11) is 1.62. The third-order valence-corrected chi connectivity index (χ3v) is 6.25. The Bertz CT molecular complexity index is 1230. The van der Waals surface area contributed by atoms with Crippen molar-refractivity contribution < 1.29 is 13.9 Å². The van der Waals surface area contributed by atoms with Gasteiger partial charge in [-0.1, -0.05) is 29.4 Å². The van der Waals surface area contributed by atoms with Gasteiger partial charge in [0.25, 0.3) is 0 Å². The number of amides is 1. The quantitative estimate of drug-likeness (QED) is 0.329. The summed E-state index contributed by atoms with van der Waals surface area (Å²) in [6.07, 6.45) is 1.63. The zero-order valence-electron chi connectivity index (χ0n) is 18.5. The molecule has 170 valence electrons. The minimum absolute atomic E-state index is 0.155. The second-order valence-electron chi connectivity index (χ2n) is 7.48. The summed E-state index contributed by atoms with van der Waals surface area (Å²) in [6.45, 7) is 4.32. The lowest BCUT2D eigenvalue weighted by molar-refractivity contribution is -0.113. The summed E-state index contributed by atoms with van der Waals surface area (Å²) < 4.78 is 12.7. The van der Waals surface area contributed by atoms with Crippen LogP contribution in [-0.2, 0) is 11.3 Å². The topological polar surface area (TPSA) is 82.2 Å². The molecule has 2 aromatic carbocycles. The zero-order valence-corrected chi connectivity index (χ0v) is 20.0. The number of carbonyl (C=O) groups is 1. The van der Waals surface area contributed by atoms with Crippen LogP contribution in [0, 0.1) is 13.8 Å². The van der Waals surface area contributed by atoms with E-state index >= 15 is 0 Å². The smallest absolute Gasteiger partial charge is 0.234 e. The number of halogens is 1. The first kappa shape index (κ1) is 22.9. The van der Waals surface area contributed by atoms with E-state index in [1.165, 1.54) is 11.8 Å². The minimum atomic E-state index is -0.174. The second kappa shape index (κ2) is 10.1. The number of thioether (sulfide) groups is 1. The van der Waals surface area contributed by atoms with Gasteiger partial charge in [0.1, 0.15) is 11.5 Å². The van der Waals surface area contributed by atoms with Gasteiger partial charge in [-0.15, -0.1) is 10.2 Å². The lowest BCUT2D eigenvalue weighted by atomic mass is 10.1. The third kappa shape index (κ3) is 5.40. The van der Waals surface area contributed by atoms with Crippen molar-refractivity contribution in [2.45, 2.75) is 25.5 Å². The molecule has 0 saturated carbocycles. The van der Waals surface area contributed by atoms with Crippen LogP contribution in [0.25, 0.3) is 11.4 Å². The molecule has 2 heterocycles. The van der Waals surface area contributed by atoms with Crippen molar-refractivity contribution >= 4 is 35.0 Å². The van der Waals surface area contributed by atoms with E-state index in [1.807, 2.05) is 66.9 Å². The number of aromatic nitrogens is 3. The Balaban J connectivity index is 1.54. The van der Waals surface area contributed by atoms with E-state index in [2.05, 4.69) is 15.5 Å². The number of benzene rings is 2. The lowest BCUT2D eigenvalue weighted by Crippen LogP contribution is -2.16. The molecule has 0 fully saturated rings. The normalized spacial score (nSPS) is 10.9. The molecule has 0 unspecified atom stereocenters. The van der Waals surface area contributed by atoms with Gasteiger partial charge in [0.15, 0.2) is 11.0 Å². The summed E-state index contributed by atoms with van der Waals surface area (Å²) in [5.74, 6) is 2.18. The predicted molar refractivity (Wildman–Crippen MR) is 130 cm³/mol. The van der Waals surface area contributed by atoms with E-state index in [-0.39, 0.29) is 11.7 Å². The van der Waals surface area contributed by atoms with Crippen LogP contribution in [0.1, 0.15) is 16.9 Å². The average molecular weight is 483 g/mol. The molecule has 4 aromatic rings. The maximum Gasteiger partial charge on any atom is 0.234 e. The highest BCUT2D eigenvalue weighted by Crippen LogP contribution is 2.29. The Hall–Kier alpha value is -3.23. The standard InChI is InChI=1S/C24H23ClN4O3S/c1-15-11-16(2)22(20(25)12-15)26-21(30)14-33-24-28-27-23(17-6-8-18(31-3)9-7-17)29(24)13-19-5-4-10-32-19/h4-12H,13-14H2,1-3H3,(H,26,30). The number of furan rings is 1. The van der Waals surface area contributed by atoms with Crippen molar-refractivity contribution in [3.8, 4) is 17.1 Å². The molecule has 0 atom stereocenters. The molecule has 0 aliphatic heterocycles. The Morgan fingerprint density at radius 3 is 2.64 bits per heavy atom. The van der Waals surface area contributed by atoms with Crippen LogP contribution in [0.15, 0.2) is 64.4 Å². The Morgan fingerprint density at radius 1 is 1.18 bits per heavy atom. The van der Waals surface area contributed by atoms with Crippen LogP contribution in [0.5, 0.6) is 5.75 Å². The minimum Gasteiger partial charge on any atom is -0.497 e. The van der Waals surface area contributed by atoms with Crippen LogP contribution in [-0.4, -0.2) is 33.5 Å². The summed E-state index contributed by atoms with van der Waals surface area (Å²) in [5, 5.41) is 12.8. The number of hydrogen-bond donors (Lipinski definition) is 1. The van der Waals surface area contributed by atoms with Gasteiger partial charge in [0, 0.05) is 5.56 Å². The number of hydrogen-bond acceptors (Lipinski definition) is 6. The second-order valence-corrected chi connectivity index (χ2v) is 8.83. The molecule has 0 aliphatic carbocycles. The van der Waals surface area contributed by atoms with Gasteiger partial charge in [-0.25, -0.2) is 0 Å². The van der Waals surface area contributed by atoms with Crippen molar-refractivity contribution in [1.29, 1.82) is 0 Å². The lowest BCUT2D eigenvalue weighted by Gasteiger charge is -2.12. The Morgan fingerprint density at radius 2 is 1.97 bits per heavy atom. The van der Waals surface area contributed by atoms with Crippen molar-refractivity contribution in [2.75, 3.05) is 18.2 Å². The van der Waals surface area contributed by atoms with Gasteiger partial charge in [-0.3, -0.25) is 9.36 Å². The Labute approximate surface area is 201 Å². The van der Waals surface area contributed by atoms with Crippen molar-refractivity contribution in [2.24, 2.45) is 0 Å². The highest BCUT2D eigenvalue weighted by atomic mass is 35.5. The van der Waals surface area contributed by atoms with Crippen LogP contribution in [0.3, 0.4) is 0 Å². The summed E-state index contributed by atoms with van der Waals surface area (Å²) in [6, 6.07) is 15.1. The van der Waals surface area contributed by atoms with Crippen molar-refractivity contribution in [3.63, 3.8) is 0 Å². The maximum atomic E-state index is 12.7. The van der Waals surface area contributed by atoms with Crippen LogP contribution < -0.4 is 10.1 Å². The van der Waals surface area contributed by atoms with E-state index in [1.54, 1.807) is 13.4 Å². The Kier molecular flexibility index (Phi) is 7.05. The number of aryl methyl sites for hydroxylation is 2. The summed E-state index contributed by atoms with van der Waals surface area (Å²) in [4.78, 5) is 12.7. The van der Waals surface area contributed by atoms with Gasteiger partial charge >= 0.3 is 0 Å². The molecule has 7 nitrogen and oxygen atoms in total. The van der Waals surface area contributed by atoms with Crippen LogP contribution in [0.4, 0.5) is 5.69 Å². The average Bonchev–Trinajstić information content (AvgIpc) is 3.45. The fourth-order valence-corrected chi connectivity index (χ4v) is 4.54. The van der Waals surface area contributed by atoms with Gasteiger partial charge in [-0.2, -0.15) is 0 Å². The molecule has 0 radical (unpaired) electrons. The summed E-state index contributed by atoms with van der Waals surface area (Å²) in [5.41, 5.74) is 3.47. The monoisotopic (exact) mass is 482 g/mol. The SMILES string of the molecule is COc1ccc(-c2nnc(SCC(=O)Nc3c(C)cc(C)cc3Cl)n2Cc2ccco2)cc1. The molecule has 33 heavy (non-hydrogen) atoms. The first-order valence-electron chi connectivity index (χ1n) is 10.2. The fraction of sp³-hybridized carbons (Fsp3) is 0.208. The molecule has 0 saturated heterocycles. The molecule has 2 aromatic heterocycles. The molecule has 0 spiro atoms. The molecule has 1 amide bonds. The third-order valence-electron chi connectivity index (χ3n) is 4.99. The molecule has 1 N–H and O–H groups in total. The molecule has 0 aliphatic rings. The van der Waals surface area contributed by atoms with Crippen LogP contribution >= 0.6 is 23.4 Å². The van der Waals surface area contributed by atoms with Gasteiger partial charge in [0.05, 0.1) is 36.4 Å². The molecular formula is C24H23ClN4O3S. The fourth-order valence-electron chi connectivity index (χ4n) is 3.43. The number of carbonyl (C=O) groups excluding carboxylic acids is 1. The van der Waals surface area contributed by atoms with E-state index < -0.39 is 0 Å². The van der Waals surface area contributed by atoms with Gasteiger partial charge in [-0.05, 0) is 67.4 Å². The zero-order chi connectivity index (χ0) is 23.4. The number of rotatable bonds is 8. The largest absolute Gasteiger partial charge is 0.497 e. The number of ether oxygens (including phenoxy) is 1. The number of anilines is 1. The first-order chi connectivity index (χ1) is 15.9. The number of nitrogens with zero attached hydrogens (tertiary/aromatic N) is 3. The highest BCUT2D eigenvalue weighted by Gasteiger charge is 2.18. The van der Waals surface area contributed by atoms with E-state index in [0.717, 1.165) is 28.2 Å². The number of methoxy groups -OCH3 is 1. The van der Waals surface area contributed by atoms with E-state index in [9.17, 15) is 4.79 Å². The molecule has 4 rings (SSSR count).